The Morgan fingerprint density at radius 2 is 1.90 bits per heavy atom. The van der Waals surface area contributed by atoms with Gasteiger partial charge in [0.05, 0.1) is 5.41 Å². The maximum absolute atomic E-state index is 13.1. The van der Waals surface area contributed by atoms with Crippen molar-refractivity contribution in [3.8, 4) is 11.1 Å². The molecule has 1 aliphatic heterocycles. The van der Waals surface area contributed by atoms with E-state index < -0.39 is 5.41 Å². The molecule has 2 atom stereocenters. The highest BCUT2D eigenvalue weighted by atomic mass is 16.2. The monoisotopic (exact) mass is 405 g/mol. The van der Waals surface area contributed by atoms with Crippen LogP contribution in [0, 0.1) is 17.3 Å². The van der Waals surface area contributed by atoms with E-state index in [2.05, 4.69) is 47.6 Å². The molecule has 2 fully saturated rings. The number of carbonyl (C=O) groups excluding carboxylic acids is 2. The van der Waals surface area contributed by atoms with Crippen LogP contribution in [0.1, 0.15) is 38.7 Å². The Morgan fingerprint density at radius 1 is 1.17 bits per heavy atom. The van der Waals surface area contributed by atoms with E-state index in [0.29, 0.717) is 44.8 Å². The van der Waals surface area contributed by atoms with Gasteiger partial charge in [-0.1, -0.05) is 37.3 Å². The van der Waals surface area contributed by atoms with Crippen LogP contribution in [0.25, 0.3) is 11.1 Å². The number of amides is 2. The second-order valence-electron chi connectivity index (χ2n) is 8.90. The first-order chi connectivity index (χ1) is 14.5. The molecule has 2 heterocycles. The standard InChI is InChI=1S/C25H31N3O2/c1-3-27-24(30)25(9-12-28(13-10-25)23(29)22-14-18(22)2)16-19-6-4-7-20(15-19)21-8-5-11-26-17-21/h4-8,11,15,17-18,22H,3,9-10,12-14,16H2,1-2H3,(H,27,30)/t18-,22+/m0/s1. The predicted octanol–water partition coefficient (Wildman–Crippen LogP) is 3.69. The highest BCUT2D eigenvalue weighted by Gasteiger charge is 2.46. The molecule has 1 saturated carbocycles. The number of likely N-dealkylation sites (tertiary alicyclic amines) is 1. The number of pyridine rings is 1. The van der Waals surface area contributed by atoms with Gasteiger partial charge in [-0.05, 0) is 61.3 Å². The van der Waals surface area contributed by atoms with Crippen LogP contribution in [0.3, 0.4) is 0 Å². The third kappa shape index (κ3) is 4.25. The van der Waals surface area contributed by atoms with Crippen LogP contribution in [0.2, 0.25) is 0 Å². The molecule has 1 aromatic heterocycles. The molecule has 4 rings (SSSR count). The Balaban J connectivity index is 1.52. The zero-order valence-electron chi connectivity index (χ0n) is 17.9. The number of nitrogens with zero attached hydrogens (tertiary/aromatic N) is 2. The van der Waals surface area contributed by atoms with E-state index >= 15 is 0 Å². The minimum atomic E-state index is -0.463. The number of hydrogen-bond donors (Lipinski definition) is 1. The van der Waals surface area contributed by atoms with Crippen molar-refractivity contribution in [1.82, 2.24) is 15.2 Å². The summed E-state index contributed by atoms with van der Waals surface area (Å²) in [5.74, 6) is 1.12. The van der Waals surface area contributed by atoms with Crippen molar-refractivity contribution >= 4 is 11.8 Å². The summed E-state index contributed by atoms with van der Waals surface area (Å²) in [7, 11) is 0. The summed E-state index contributed by atoms with van der Waals surface area (Å²) in [5.41, 5.74) is 2.88. The lowest BCUT2D eigenvalue weighted by Crippen LogP contribution is -2.51. The minimum Gasteiger partial charge on any atom is -0.356 e. The molecule has 2 amide bonds. The normalized spacial score (nSPS) is 22.4. The SMILES string of the molecule is CCNC(=O)C1(Cc2cccc(-c3cccnc3)c2)CCN(C(=O)[C@@H]2C[C@@H]2C)CC1. The lowest BCUT2D eigenvalue weighted by molar-refractivity contribution is -0.141. The summed E-state index contributed by atoms with van der Waals surface area (Å²) in [6.07, 6.45) is 6.76. The van der Waals surface area contributed by atoms with E-state index in [9.17, 15) is 9.59 Å². The molecule has 158 valence electrons. The molecule has 2 aromatic rings. The van der Waals surface area contributed by atoms with Crippen LogP contribution in [0.15, 0.2) is 48.8 Å². The first-order valence-corrected chi connectivity index (χ1v) is 11.1. The fourth-order valence-electron chi connectivity index (χ4n) is 4.67. The first-order valence-electron chi connectivity index (χ1n) is 11.1. The first kappa shape index (κ1) is 20.6. The number of benzene rings is 1. The second-order valence-corrected chi connectivity index (χ2v) is 8.90. The molecule has 5 nitrogen and oxygen atoms in total. The molecule has 30 heavy (non-hydrogen) atoms. The Kier molecular flexibility index (Phi) is 5.89. The van der Waals surface area contributed by atoms with Crippen molar-refractivity contribution in [2.45, 2.75) is 39.5 Å². The largest absolute Gasteiger partial charge is 0.356 e. The van der Waals surface area contributed by atoms with Crippen LogP contribution in [0.4, 0.5) is 0 Å². The molecule has 0 unspecified atom stereocenters. The number of piperidine rings is 1. The van der Waals surface area contributed by atoms with Crippen LogP contribution < -0.4 is 5.32 Å². The van der Waals surface area contributed by atoms with Gasteiger partial charge in [-0.3, -0.25) is 14.6 Å². The minimum absolute atomic E-state index is 0.115. The maximum Gasteiger partial charge on any atom is 0.226 e. The molecule has 1 aromatic carbocycles. The topological polar surface area (TPSA) is 62.3 Å². The molecule has 0 bridgehead atoms. The third-order valence-electron chi connectivity index (χ3n) is 6.74. The maximum atomic E-state index is 13.1. The average molecular weight is 406 g/mol. The van der Waals surface area contributed by atoms with E-state index in [-0.39, 0.29) is 17.7 Å². The second kappa shape index (κ2) is 8.58. The number of nitrogens with one attached hydrogen (secondary N) is 1. The summed E-state index contributed by atoms with van der Waals surface area (Å²) >= 11 is 0. The lowest BCUT2D eigenvalue weighted by atomic mass is 9.72. The van der Waals surface area contributed by atoms with Gasteiger partial charge < -0.3 is 10.2 Å². The van der Waals surface area contributed by atoms with E-state index in [1.54, 1.807) is 6.20 Å². The quantitative estimate of drug-likeness (QED) is 0.797. The molecule has 2 aliphatic rings. The third-order valence-corrected chi connectivity index (χ3v) is 6.74. The highest BCUT2D eigenvalue weighted by Crippen LogP contribution is 2.42. The van der Waals surface area contributed by atoms with Crippen LogP contribution in [-0.4, -0.2) is 41.3 Å². The zero-order valence-corrected chi connectivity index (χ0v) is 17.9. The summed E-state index contributed by atoms with van der Waals surface area (Å²) in [6.45, 7) is 6.06. The molecule has 1 N–H and O–H groups in total. The van der Waals surface area contributed by atoms with Gasteiger partial charge in [-0.25, -0.2) is 0 Å². The van der Waals surface area contributed by atoms with Crippen LogP contribution in [-0.2, 0) is 16.0 Å². The van der Waals surface area contributed by atoms with Crippen molar-refractivity contribution in [3.63, 3.8) is 0 Å². The Hall–Kier alpha value is -2.69. The van der Waals surface area contributed by atoms with Crippen LogP contribution in [0.5, 0.6) is 0 Å². The van der Waals surface area contributed by atoms with Gasteiger partial charge in [0.1, 0.15) is 0 Å². The zero-order chi connectivity index (χ0) is 21.1. The van der Waals surface area contributed by atoms with Crippen molar-refractivity contribution in [1.29, 1.82) is 0 Å². The van der Waals surface area contributed by atoms with Crippen molar-refractivity contribution < 1.29 is 9.59 Å². The number of aromatic nitrogens is 1. The van der Waals surface area contributed by atoms with Gasteiger partial charge in [-0.2, -0.15) is 0 Å². The van der Waals surface area contributed by atoms with Crippen LogP contribution >= 0.6 is 0 Å². The molecular formula is C25H31N3O2. The van der Waals surface area contributed by atoms with Gasteiger partial charge in [0, 0.05) is 37.9 Å². The fourth-order valence-corrected chi connectivity index (χ4v) is 4.67. The van der Waals surface area contributed by atoms with Crippen molar-refractivity contribution in [2.24, 2.45) is 17.3 Å². The Morgan fingerprint density at radius 3 is 2.53 bits per heavy atom. The molecule has 1 aliphatic carbocycles. The Labute approximate surface area is 178 Å². The average Bonchev–Trinajstić information content (AvgIpc) is 3.51. The van der Waals surface area contributed by atoms with E-state index in [1.807, 2.05) is 24.1 Å². The summed E-state index contributed by atoms with van der Waals surface area (Å²) in [6, 6.07) is 12.4. The molecule has 1 saturated heterocycles. The Bertz CT molecular complexity index is 904. The van der Waals surface area contributed by atoms with E-state index in [0.717, 1.165) is 23.1 Å². The lowest BCUT2D eigenvalue weighted by Gasteiger charge is -2.41. The predicted molar refractivity (Wildman–Crippen MR) is 118 cm³/mol. The summed E-state index contributed by atoms with van der Waals surface area (Å²) in [5, 5.41) is 3.06. The molecule has 0 radical (unpaired) electrons. The van der Waals surface area contributed by atoms with Gasteiger partial charge >= 0.3 is 0 Å². The van der Waals surface area contributed by atoms with Gasteiger partial charge in [0.15, 0.2) is 0 Å². The highest BCUT2D eigenvalue weighted by molar-refractivity contribution is 5.85. The van der Waals surface area contributed by atoms with Gasteiger partial charge in [0.2, 0.25) is 11.8 Å². The number of rotatable bonds is 6. The smallest absolute Gasteiger partial charge is 0.226 e. The van der Waals surface area contributed by atoms with Gasteiger partial charge in [0.25, 0.3) is 0 Å². The molecule has 0 spiro atoms. The number of hydrogen-bond acceptors (Lipinski definition) is 3. The summed E-state index contributed by atoms with van der Waals surface area (Å²) < 4.78 is 0. The fraction of sp³-hybridized carbons (Fsp3) is 0.480. The molecular weight excluding hydrogens is 374 g/mol. The van der Waals surface area contributed by atoms with Gasteiger partial charge in [-0.15, -0.1) is 0 Å². The van der Waals surface area contributed by atoms with Crippen molar-refractivity contribution in [2.75, 3.05) is 19.6 Å². The van der Waals surface area contributed by atoms with E-state index in [1.165, 1.54) is 0 Å². The number of carbonyl (C=O) groups is 2. The van der Waals surface area contributed by atoms with Crippen molar-refractivity contribution in [3.05, 3.63) is 54.4 Å². The van der Waals surface area contributed by atoms with E-state index in [4.69, 9.17) is 0 Å². The molecule has 5 heteroatoms. The summed E-state index contributed by atoms with van der Waals surface area (Å²) in [4.78, 5) is 32.0.